The van der Waals surface area contributed by atoms with Crippen LogP contribution in [0, 0.1) is 6.92 Å². The quantitative estimate of drug-likeness (QED) is 0.664. The number of aryl methyl sites for hydroxylation is 2. The van der Waals surface area contributed by atoms with Crippen molar-refractivity contribution in [1.29, 1.82) is 0 Å². The lowest BCUT2D eigenvalue weighted by Gasteiger charge is -2.06. The molecule has 0 saturated heterocycles. The molecule has 4 heteroatoms. The molecule has 0 aliphatic heterocycles. The van der Waals surface area contributed by atoms with Crippen molar-refractivity contribution in [2.24, 2.45) is 0 Å². The number of hydrogen-bond donors (Lipinski definition) is 2. The molecule has 0 unspecified atom stereocenters. The molecular weight excluding hydrogens is 242 g/mol. The minimum atomic E-state index is 0.0445. The SMILES string of the molecule is Cc1cccc(CCC(=O)NCCCOCCO)c1. The summed E-state index contributed by atoms with van der Waals surface area (Å²) in [4.78, 5) is 11.6. The van der Waals surface area contributed by atoms with Gasteiger partial charge in [-0.3, -0.25) is 4.79 Å². The maximum Gasteiger partial charge on any atom is 0.220 e. The highest BCUT2D eigenvalue weighted by Gasteiger charge is 2.01. The Kier molecular flexibility index (Phi) is 7.86. The Morgan fingerprint density at radius 2 is 2.21 bits per heavy atom. The van der Waals surface area contributed by atoms with Gasteiger partial charge >= 0.3 is 0 Å². The lowest BCUT2D eigenvalue weighted by Crippen LogP contribution is -2.25. The molecule has 1 aromatic rings. The van der Waals surface area contributed by atoms with Crippen LogP contribution in [0.3, 0.4) is 0 Å². The van der Waals surface area contributed by atoms with Gasteiger partial charge in [0.25, 0.3) is 0 Å². The van der Waals surface area contributed by atoms with Crippen LogP contribution in [-0.2, 0) is 16.0 Å². The second-order valence-corrected chi connectivity index (χ2v) is 4.53. The number of ether oxygens (including phenoxy) is 1. The summed E-state index contributed by atoms with van der Waals surface area (Å²) < 4.78 is 5.11. The van der Waals surface area contributed by atoms with Gasteiger partial charge in [0.1, 0.15) is 0 Å². The van der Waals surface area contributed by atoms with Crippen molar-refractivity contribution >= 4 is 5.91 Å². The van der Waals surface area contributed by atoms with E-state index in [-0.39, 0.29) is 12.5 Å². The van der Waals surface area contributed by atoms with Crippen molar-refractivity contribution in [3.05, 3.63) is 35.4 Å². The van der Waals surface area contributed by atoms with Crippen molar-refractivity contribution in [3.8, 4) is 0 Å². The first-order valence-electron chi connectivity index (χ1n) is 6.73. The first kappa shape index (κ1) is 15.7. The van der Waals surface area contributed by atoms with Crippen LogP contribution in [0.15, 0.2) is 24.3 Å². The van der Waals surface area contributed by atoms with Crippen molar-refractivity contribution in [1.82, 2.24) is 5.32 Å². The molecule has 0 spiro atoms. The molecule has 4 nitrogen and oxygen atoms in total. The Morgan fingerprint density at radius 3 is 2.95 bits per heavy atom. The molecule has 0 heterocycles. The summed E-state index contributed by atoms with van der Waals surface area (Å²) in [5.41, 5.74) is 2.42. The molecule has 0 atom stereocenters. The number of rotatable bonds is 9. The summed E-state index contributed by atoms with van der Waals surface area (Å²) in [6.07, 6.45) is 2.06. The second-order valence-electron chi connectivity index (χ2n) is 4.53. The molecule has 0 aliphatic carbocycles. The van der Waals surface area contributed by atoms with E-state index in [2.05, 4.69) is 24.4 Å². The Labute approximate surface area is 114 Å². The lowest BCUT2D eigenvalue weighted by atomic mass is 10.1. The lowest BCUT2D eigenvalue weighted by molar-refractivity contribution is -0.121. The number of benzene rings is 1. The fraction of sp³-hybridized carbons (Fsp3) is 0.533. The topological polar surface area (TPSA) is 58.6 Å². The maximum atomic E-state index is 11.6. The molecule has 19 heavy (non-hydrogen) atoms. The molecule has 0 radical (unpaired) electrons. The average Bonchev–Trinajstić information content (AvgIpc) is 2.40. The summed E-state index contributed by atoms with van der Waals surface area (Å²) in [6, 6.07) is 8.22. The number of nitrogens with one attached hydrogen (secondary N) is 1. The van der Waals surface area contributed by atoms with Crippen LogP contribution < -0.4 is 5.32 Å². The highest BCUT2D eigenvalue weighted by molar-refractivity contribution is 5.76. The molecule has 106 valence electrons. The van der Waals surface area contributed by atoms with E-state index >= 15 is 0 Å². The number of carbonyl (C=O) groups excluding carboxylic acids is 1. The summed E-state index contributed by atoms with van der Waals surface area (Å²) in [7, 11) is 0. The zero-order valence-corrected chi connectivity index (χ0v) is 11.5. The maximum absolute atomic E-state index is 11.6. The molecule has 2 N–H and O–H groups in total. The predicted molar refractivity (Wildman–Crippen MR) is 75.0 cm³/mol. The van der Waals surface area contributed by atoms with Gasteiger partial charge < -0.3 is 15.2 Å². The Bertz CT molecular complexity index is 379. The van der Waals surface area contributed by atoms with Crippen LogP contribution in [0.1, 0.15) is 24.0 Å². The van der Waals surface area contributed by atoms with E-state index in [0.29, 0.717) is 26.2 Å². The monoisotopic (exact) mass is 265 g/mol. The molecular formula is C15H23NO3. The zero-order chi connectivity index (χ0) is 13.9. The molecule has 1 rings (SSSR count). The van der Waals surface area contributed by atoms with E-state index in [0.717, 1.165) is 12.8 Å². The van der Waals surface area contributed by atoms with Crippen LogP contribution in [0.5, 0.6) is 0 Å². The smallest absolute Gasteiger partial charge is 0.220 e. The molecule has 0 aromatic heterocycles. The molecule has 0 aliphatic rings. The molecule has 0 saturated carbocycles. The average molecular weight is 265 g/mol. The van der Waals surface area contributed by atoms with Gasteiger partial charge in [0, 0.05) is 19.6 Å². The molecule has 1 amide bonds. The number of carbonyl (C=O) groups is 1. The van der Waals surface area contributed by atoms with Gasteiger partial charge in [-0.15, -0.1) is 0 Å². The Morgan fingerprint density at radius 1 is 1.37 bits per heavy atom. The van der Waals surface area contributed by atoms with Crippen LogP contribution in [-0.4, -0.2) is 37.4 Å². The first-order chi connectivity index (χ1) is 9.22. The van der Waals surface area contributed by atoms with Gasteiger partial charge in [0.2, 0.25) is 5.91 Å². The van der Waals surface area contributed by atoms with Gasteiger partial charge in [-0.1, -0.05) is 29.8 Å². The van der Waals surface area contributed by atoms with Crippen molar-refractivity contribution in [2.75, 3.05) is 26.4 Å². The zero-order valence-electron chi connectivity index (χ0n) is 11.5. The summed E-state index contributed by atoms with van der Waals surface area (Å²) >= 11 is 0. The predicted octanol–water partition coefficient (Wildman–Crippen LogP) is 1.44. The van der Waals surface area contributed by atoms with Crippen LogP contribution in [0.4, 0.5) is 0 Å². The Balaban J connectivity index is 2.08. The van der Waals surface area contributed by atoms with Gasteiger partial charge in [0.05, 0.1) is 13.2 Å². The third-order valence-corrected chi connectivity index (χ3v) is 2.75. The summed E-state index contributed by atoms with van der Waals surface area (Å²) in [5.74, 6) is 0.0728. The van der Waals surface area contributed by atoms with Crippen molar-refractivity contribution < 1.29 is 14.6 Å². The van der Waals surface area contributed by atoms with Gasteiger partial charge in [0.15, 0.2) is 0 Å². The van der Waals surface area contributed by atoms with E-state index < -0.39 is 0 Å². The van der Waals surface area contributed by atoms with E-state index in [1.807, 2.05) is 12.1 Å². The van der Waals surface area contributed by atoms with Crippen molar-refractivity contribution in [2.45, 2.75) is 26.2 Å². The van der Waals surface area contributed by atoms with Gasteiger partial charge in [-0.2, -0.15) is 0 Å². The summed E-state index contributed by atoms with van der Waals surface area (Å²) in [6.45, 7) is 3.65. The highest BCUT2D eigenvalue weighted by atomic mass is 16.5. The largest absolute Gasteiger partial charge is 0.394 e. The third-order valence-electron chi connectivity index (χ3n) is 2.75. The minimum absolute atomic E-state index is 0.0445. The van der Waals surface area contributed by atoms with E-state index in [9.17, 15) is 4.79 Å². The van der Waals surface area contributed by atoms with Crippen molar-refractivity contribution in [3.63, 3.8) is 0 Å². The molecule has 0 bridgehead atoms. The number of hydrogen-bond acceptors (Lipinski definition) is 3. The van der Waals surface area contributed by atoms with E-state index in [1.165, 1.54) is 11.1 Å². The van der Waals surface area contributed by atoms with Crippen LogP contribution in [0.2, 0.25) is 0 Å². The Hall–Kier alpha value is -1.39. The molecule has 1 aromatic carbocycles. The fourth-order valence-electron chi connectivity index (χ4n) is 1.78. The highest BCUT2D eigenvalue weighted by Crippen LogP contribution is 2.06. The number of aliphatic hydroxyl groups excluding tert-OH is 1. The van der Waals surface area contributed by atoms with Gasteiger partial charge in [-0.25, -0.2) is 0 Å². The third kappa shape index (κ3) is 7.59. The normalized spacial score (nSPS) is 10.4. The van der Waals surface area contributed by atoms with Crippen LogP contribution in [0.25, 0.3) is 0 Å². The first-order valence-corrected chi connectivity index (χ1v) is 6.73. The van der Waals surface area contributed by atoms with E-state index in [1.54, 1.807) is 0 Å². The number of aliphatic hydroxyl groups is 1. The van der Waals surface area contributed by atoms with Crippen LogP contribution >= 0.6 is 0 Å². The second kappa shape index (κ2) is 9.53. The fourth-order valence-corrected chi connectivity index (χ4v) is 1.78. The summed E-state index contributed by atoms with van der Waals surface area (Å²) in [5, 5.41) is 11.4. The van der Waals surface area contributed by atoms with E-state index in [4.69, 9.17) is 9.84 Å². The minimum Gasteiger partial charge on any atom is -0.394 e. The molecule has 0 fully saturated rings. The van der Waals surface area contributed by atoms with Gasteiger partial charge in [-0.05, 0) is 25.3 Å². The number of amides is 1. The standard InChI is InChI=1S/C15H23NO3/c1-13-4-2-5-14(12-13)6-7-15(18)16-8-3-10-19-11-9-17/h2,4-5,12,17H,3,6-11H2,1H3,(H,16,18).